The summed E-state index contributed by atoms with van der Waals surface area (Å²) in [7, 11) is 0. The second kappa shape index (κ2) is 10.9. The summed E-state index contributed by atoms with van der Waals surface area (Å²) in [5.41, 5.74) is 2.75. The molecule has 0 fully saturated rings. The Balaban J connectivity index is 1.53. The number of hydrogen-bond donors (Lipinski definition) is 1. The quantitative estimate of drug-likeness (QED) is 0.527. The third-order valence-electron chi connectivity index (χ3n) is 6.01. The Labute approximate surface area is 200 Å². The number of benzene rings is 2. The van der Waals surface area contributed by atoms with Gasteiger partial charge in [0.15, 0.2) is 0 Å². The Bertz CT molecular complexity index is 1110. The predicted molar refractivity (Wildman–Crippen MR) is 133 cm³/mol. The van der Waals surface area contributed by atoms with Gasteiger partial charge >= 0.3 is 6.03 Å². The van der Waals surface area contributed by atoms with Crippen LogP contribution in [0.3, 0.4) is 0 Å². The molecule has 3 amide bonds. The van der Waals surface area contributed by atoms with Crippen molar-refractivity contribution in [3.8, 4) is 5.75 Å². The molecule has 1 N–H and O–H groups in total. The van der Waals surface area contributed by atoms with Gasteiger partial charge in [-0.05, 0) is 43.2 Å². The Morgan fingerprint density at radius 3 is 2.53 bits per heavy atom. The van der Waals surface area contributed by atoms with E-state index in [0.29, 0.717) is 31.1 Å². The number of urea groups is 1. The van der Waals surface area contributed by atoms with E-state index < -0.39 is 0 Å². The van der Waals surface area contributed by atoms with E-state index in [-0.39, 0.29) is 24.5 Å². The maximum absolute atomic E-state index is 13.6. The van der Waals surface area contributed by atoms with Crippen molar-refractivity contribution in [3.63, 3.8) is 0 Å². The highest BCUT2D eigenvalue weighted by atomic mass is 16.5. The lowest BCUT2D eigenvalue weighted by Gasteiger charge is -2.38. The molecule has 34 heavy (non-hydrogen) atoms. The molecule has 4 rings (SSSR count). The molecule has 1 aliphatic rings. The number of amides is 3. The normalized spacial score (nSPS) is 14.9. The van der Waals surface area contributed by atoms with Gasteiger partial charge in [0.1, 0.15) is 12.3 Å². The number of nitrogens with zero attached hydrogens (tertiary/aromatic N) is 3. The first kappa shape index (κ1) is 23.4. The number of anilines is 1. The zero-order valence-electron chi connectivity index (χ0n) is 19.8. The zero-order chi connectivity index (χ0) is 23.9. The van der Waals surface area contributed by atoms with E-state index in [1.54, 1.807) is 11.0 Å². The van der Waals surface area contributed by atoms with Crippen LogP contribution in [0.1, 0.15) is 37.6 Å². The summed E-state index contributed by atoms with van der Waals surface area (Å²) in [6.07, 6.45) is 2.80. The minimum atomic E-state index is -0.306. The molecule has 1 atom stereocenters. The molecule has 3 aromatic rings. The molecular formula is C27H32N4O3. The molecule has 1 unspecified atom stereocenters. The molecule has 0 saturated heterocycles. The second-order valence-corrected chi connectivity index (χ2v) is 8.31. The van der Waals surface area contributed by atoms with Crippen molar-refractivity contribution in [2.75, 3.05) is 31.6 Å². The van der Waals surface area contributed by atoms with E-state index in [9.17, 15) is 9.59 Å². The van der Waals surface area contributed by atoms with Gasteiger partial charge in [-0.25, -0.2) is 4.79 Å². The highest BCUT2D eigenvalue weighted by molar-refractivity contribution is 5.93. The molecule has 7 heteroatoms. The summed E-state index contributed by atoms with van der Waals surface area (Å²) in [5, 5.41) is 2.93. The first-order chi connectivity index (χ1) is 16.6. The van der Waals surface area contributed by atoms with Crippen LogP contribution in [-0.4, -0.2) is 52.5 Å². The van der Waals surface area contributed by atoms with Crippen molar-refractivity contribution in [3.05, 3.63) is 84.2 Å². The van der Waals surface area contributed by atoms with Crippen LogP contribution >= 0.6 is 0 Å². The van der Waals surface area contributed by atoms with Crippen LogP contribution in [0, 0.1) is 0 Å². The van der Waals surface area contributed by atoms with Crippen LogP contribution in [0.15, 0.2) is 72.9 Å². The van der Waals surface area contributed by atoms with E-state index in [1.807, 2.05) is 61.2 Å². The Hall–Kier alpha value is -3.74. The monoisotopic (exact) mass is 460 g/mol. The topological polar surface area (TPSA) is 66.8 Å². The van der Waals surface area contributed by atoms with E-state index in [1.165, 1.54) is 0 Å². The standard InChI is InChI=1S/C27H32N4O3/c1-3-16-30(27(33)28-22-13-8-9-15-24(22)34-4-2)20-25(32)31-19-18-29-17-10-14-23(29)26(31)21-11-6-5-7-12-21/h5-15,17,26H,3-4,16,18-20H2,1-2H3,(H,28,33). The third kappa shape index (κ3) is 5.09. The van der Waals surface area contributed by atoms with Crippen molar-refractivity contribution in [1.82, 2.24) is 14.4 Å². The van der Waals surface area contributed by atoms with Crippen LogP contribution in [-0.2, 0) is 11.3 Å². The van der Waals surface area contributed by atoms with Crippen molar-refractivity contribution in [1.29, 1.82) is 0 Å². The van der Waals surface area contributed by atoms with Gasteiger partial charge in [-0.3, -0.25) is 4.79 Å². The summed E-state index contributed by atoms with van der Waals surface area (Å²) in [6.45, 7) is 6.23. The second-order valence-electron chi connectivity index (χ2n) is 8.31. The fourth-order valence-electron chi connectivity index (χ4n) is 4.46. The van der Waals surface area contributed by atoms with Crippen LogP contribution in [0.4, 0.5) is 10.5 Å². The summed E-state index contributed by atoms with van der Waals surface area (Å²) >= 11 is 0. The van der Waals surface area contributed by atoms with Crippen LogP contribution in [0.5, 0.6) is 5.75 Å². The van der Waals surface area contributed by atoms with Crippen molar-refractivity contribution >= 4 is 17.6 Å². The lowest BCUT2D eigenvalue weighted by molar-refractivity contribution is -0.134. The number of nitrogens with one attached hydrogen (secondary N) is 1. The average Bonchev–Trinajstić information content (AvgIpc) is 3.34. The Morgan fingerprint density at radius 1 is 1.00 bits per heavy atom. The van der Waals surface area contributed by atoms with E-state index in [4.69, 9.17) is 4.74 Å². The number of rotatable bonds is 8. The third-order valence-corrected chi connectivity index (χ3v) is 6.01. The fraction of sp³-hybridized carbons (Fsp3) is 0.333. The van der Waals surface area contributed by atoms with Crippen molar-refractivity contribution in [2.45, 2.75) is 32.9 Å². The SMILES string of the molecule is CCCN(CC(=O)N1CCn2cccc2C1c1ccccc1)C(=O)Nc1ccccc1OCC. The Kier molecular flexibility index (Phi) is 7.52. The summed E-state index contributed by atoms with van der Waals surface area (Å²) in [5.74, 6) is 0.546. The van der Waals surface area contributed by atoms with E-state index in [0.717, 1.165) is 24.2 Å². The first-order valence-electron chi connectivity index (χ1n) is 11.9. The molecule has 7 nitrogen and oxygen atoms in total. The molecule has 0 aliphatic carbocycles. The molecule has 0 spiro atoms. The summed E-state index contributed by atoms with van der Waals surface area (Å²) in [6, 6.07) is 21.0. The van der Waals surface area contributed by atoms with Gasteiger partial charge in [0.05, 0.1) is 18.3 Å². The maximum Gasteiger partial charge on any atom is 0.322 e. The highest BCUT2D eigenvalue weighted by Crippen LogP contribution is 2.32. The largest absolute Gasteiger partial charge is 0.492 e. The summed E-state index contributed by atoms with van der Waals surface area (Å²) in [4.78, 5) is 30.2. The molecule has 178 valence electrons. The number of carbonyl (C=O) groups is 2. The van der Waals surface area contributed by atoms with Gasteiger partial charge in [-0.1, -0.05) is 49.4 Å². The van der Waals surface area contributed by atoms with Crippen LogP contribution in [0.25, 0.3) is 0 Å². The number of para-hydroxylation sites is 2. The Morgan fingerprint density at radius 2 is 1.76 bits per heavy atom. The van der Waals surface area contributed by atoms with Gasteiger partial charge in [0.25, 0.3) is 0 Å². The minimum Gasteiger partial charge on any atom is -0.492 e. The number of ether oxygens (including phenoxy) is 1. The molecule has 2 heterocycles. The van der Waals surface area contributed by atoms with Crippen LogP contribution < -0.4 is 10.1 Å². The average molecular weight is 461 g/mol. The molecule has 0 saturated carbocycles. The smallest absolute Gasteiger partial charge is 0.322 e. The molecule has 1 aromatic heterocycles. The minimum absolute atomic E-state index is 0.0144. The molecular weight excluding hydrogens is 428 g/mol. The van der Waals surface area contributed by atoms with Gasteiger partial charge in [-0.2, -0.15) is 0 Å². The lowest BCUT2D eigenvalue weighted by Crippen LogP contribution is -2.48. The fourth-order valence-corrected chi connectivity index (χ4v) is 4.46. The van der Waals surface area contributed by atoms with Gasteiger partial charge < -0.3 is 24.4 Å². The van der Waals surface area contributed by atoms with E-state index >= 15 is 0 Å². The van der Waals surface area contributed by atoms with Crippen LogP contribution in [0.2, 0.25) is 0 Å². The van der Waals surface area contributed by atoms with E-state index in [2.05, 4.69) is 34.3 Å². The number of carbonyl (C=O) groups excluding carboxylic acids is 2. The van der Waals surface area contributed by atoms with Gasteiger partial charge in [0, 0.05) is 31.5 Å². The number of fused-ring (bicyclic) bond motifs is 1. The highest BCUT2D eigenvalue weighted by Gasteiger charge is 2.33. The number of aromatic nitrogens is 1. The molecule has 0 radical (unpaired) electrons. The van der Waals surface area contributed by atoms with Crippen molar-refractivity contribution in [2.24, 2.45) is 0 Å². The van der Waals surface area contributed by atoms with Gasteiger partial charge in [-0.15, -0.1) is 0 Å². The molecule has 1 aliphatic heterocycles. The summed E-state index contributed by atoms with van der Waals surface area (Å²) < 4.78 is 7.83. The zero-order valence-corrected chi connectivity index (χ0v) is 19.8. The predicted octanol–water partition coefficient (Wildman–Crippen LogP) is 4.76. The van der Waals surface area contributed by atoms with Crippen molar-refractivity contribution < 1.29 is 14.3 Å². The van der Waals surface area contributed by atoms with Gasteiger partial charge in [0.2, 0.25) is 5.91 Å². The number of hydrogen-bond acceptors (Lipinski definition) is 3. The lowest BCUT2D eigenvalue weighted by atomic mass is 10.00. The molecule has 0 bridgehead atoms. The first-order valence-corrected chi connectivity index (χ1v) is 11.9. The molecule has 2 aromatic carbocycles. The maximum atomic E-state index is 13.6.